The van der Waals surface area contributed by atoms with E-state index in [-0.39, 0.29) is 0 Å². The lowest BCUT2D eigenvalue weighted by molar-refractivity contribution is -0.540. The van der Waals surface area contributed by atoms with Crippen LogP contribution < -0.4 is 5.06 Å². The van der Waals surface area contributed by atoms with Gasteiger partial charge < -0.3 is 10.3 Å². The van der Waals surface area contributed by atoms with Crippen molar-refractivity contribution in [3.05, 3.63) is 70.8 Å². The van der Waals surface area contributed by atoms with E-state index in [1.165, 1.54) is 0 Å². The molecule has 3 rings (SSSR count). The number of nitroso groups, excluding NO2 is 1. The molecule has 0 aliphatic carbocycles. The van der Waals surface area contributed by atoms with Gasteiger partial charge in [0.25, 0.3) is 5.69 Å². The summed E-state index contributed by atoms with van der Waals surface area (Å²) >= 11 is 0. The number of nitrogens with zero attached hydrogens (tertiary/aromatic N) is 2. The average Bonchev–Trinajstić information content (AvgIpc) is 2.64. The van der Waals surface area contributed by atoms with Gasteiger partial charge in [-0.25, -0.2) is 0 Å². The highest BCUT2D eigenvalue weighted by Crippen LogP contribution is 2.37. The molecule has 146 valence electrons. The number of hydroxylamine groups is 1. The van der Waals surface area contributed by atoms with Crippen LogP contribution in [-0.2, 0) is 0 Å². The quantitative estimate of drug-likeness (QED) is 0.372. The molecule has 0 amide bonds. The second-order valence-corrected chi connectivity index (χ2v) is 9.20. The van der Waals surface area contributed by atoms with E-state index < -0.39 is 11.1 Å². The maximum atomic E-state index is 12.9. The fraction of sp³-hybridized carbons (Fsp3) is 0.333. The van der Waals surface area contributed by atoms with E-state index >= 15 is 0 Å². The van der Waals surface area contributed by atoms with Crippen molar-refractivity contribution in [3.63, 3.8) is 0 Å². The number of benzene rings is 3. The summed E-state index contributed by atoms with van der Waals surface area (Å²) < 4.78 is 0.974. The molecule has 4 heteroatoms. The minimum absolute atomic E-state index is 0.484. The van der Waals surface area contributed by atoms with E-state index in [1.54, 1.807) is 6.07 Å². The summed E-state index contributed by atoms with van der Waals surface area (Å²) in [7, 11) is 0. The third kappa shape index (κ3) is 3.92. The molecule has 3 aromatic carbocycles. The predicted molar refractivity (Wildman–Crippen MR) is 118 cm³/mol. The summed E-state index contributed by atoms with van der Waals surface area (Å²) in [6.07, 6.45) is 0. The van der Waals surface area contributed by atoms with Crippen LogP contribution in [0.3, 0.4) is 0 Å². The topological polar surface area (TPSA) is 46.4 Å². The first kappa shape index (κ1) is 20.0. The Bertz CT molecular complexity index is 1020. The Morgan fingerprint density at radius 3 is 2.14 bits per heavy atom. The van der Waals surface area contributed by atoms with Crippen LogP contribution in [0, 0.1) is 10.1 Å². The number of hydrogen-bond donors (Lipinski definition) is 0. The maximum Gasteiger partial charge on any atom is 0.259 e. The molecule has 0 fully saturated rings. The number of hydrogen-bond acceptors (Lipinski definition) is 3. The predicted octanol–water partition coefficient (Wildman–Crippen LogP) is 6.82. The normalized spacial score (nSPS) is 12.2. The Morgan fingerprint density at radius 1 is 0.857 bits per heavy atom. The summed E-state index contributed by atoms with van der Waals surface area (Å²) in [5, 5.41) is 16.1. The largest absolute Gasteiger partial charge is 0.758 e. The zero-order valence-electron chi connectivity index (χ0n) is 17.5. The minimum Gasteiger partial charge on any atom is -0.758 e. The van der Waals surface area contributed by atoms with Crippen molar-refractivity contribution in [2.75, 3.05) is 5.06 Å². The lowest BCUT2D eigenvalue weighted by Gasteiger charge is -2.43. The summed E-state index contributed by atoms with van der Waals surface area (Å²) in [4.78, 5) is 12.9. The van der Waals surface area contributed by atoms with Gasteiger partial charge >= 0.3 is 0 Å². The second-order valence-electron chi connectivity index (χ2n) is 9.20. The monoisotopic (exact) mass is 376 g/mol. The van der Waals surface area contributed by atoms with E-state index in [1.807, 2.05) is 77.9 Å². The smallest absolute Gasteiger partial charge is 0.259 e. The standard InChI is InChI=1S/C24H28N2O2/c1-23(2,3)25(27)19-14-18(15-20(16-19)26(28)24(4,5)6)22-13-9-11-17-10-7-8-12-21(17)22/h7-16H,1-6H3. The molecule has 0 saturated carbocycles. The van der Waals surface area contributed by atoms with E-state index in [4.69, 9.17) is 0 Å². The van der Waals surface area contributed by atoms with Crippen LogP contribution in [-0.4, -0.2) is 15.8 Å². The molecule has 0 heterocycles. The van der Waals surface area contributed by atoms with Gasteiger partial charge in [0, 0.05) is 53.8 Å². The molecular weight excluding hydrogens is 348 g/mol. The van der Waals surface area contributed by atoms with Gasteiger partial charge in [-0.2, -0.15) is 0 Å². The van der Waals surface area contributed by atoms with Gasteiger partial charge in [0.05, 0.1) is 0 Å². The van der Waals surface area contributed by atoms with E-state index in [0.29, 0.717) is 11.4 Å². The molecule has 0 unspecified atom stereocenters. The van der Waals surface area contributed by atoms with Crippen LogP contribution in [0.1, 0.15) is 41.5 Å². The summed E-state index contributed by atoms with van der Waals surface area (Å²) in [6.45, 7) is 11.2. The molecule has 0 radical (unpaired) electrons. The van der Waals surface area contributed by atoms with Gasteiger partial charge in [-0.3, -0.25) is 0 Å². The molecule has 0 aromatic heterocycles. The Balaban J connectivity index is 2.27. The van der Waals surface area contributed by atoms with Crippen molar-refractivity contribution in [3.8, 4) is 11.1 Å². The highest BCUT2D eigenvalue weighted by Gasteiger charge is 2.32. The molecule has 0 bridgehead atoms. The molecule has 0 spiro atoms. The zero-order valence-corrected chi connectivity index (χ0v) is 17.5. The number of rotatable bonds is 3. The van der Waals surface area contributed by atoms with Gasteiger partial charge in [0.15, 0.2) is 0 Å². The van der Waals surface area contributed by atoms with Crippen LogP contribution in [0.25, 0.3) is 21.9 Å². The van der Waals surface area contributed by atoms with Crippen molar-refractivity contribution < 1.29 is 4.76 Å². The molecule has 0 saturated heterocycles. The van der Waals surface area contributed by atoms with E-state index in [9.17, 15) is 10.1 Å². The SMILES string of the molecule is CC(C)(C)N([O-])c1cc(-c2cccc3ccccc23)cc([N+](=O)C(C)(C)C)c1. The molecular formula is C24H28N2O2. The summed E-state index contributed by atoms with van der Waals surface area (Å²) in [6, 6.07) is 19.7. The Hall–Kier alpha value is -2.72. The van der Waals surface area contributed by atoms with Gasteiger partial charge in [-0.15, -0.1) is 0 Å². The first-order valence-corrected chi connectivity index (χ1v) is 9.56. The van der Waals surface area contributed by atoms with E-state index in [0.717, 1.165) is 31.7 Å². The van der Waals surface area contributed by atoms with Crippen LogP contribution in [0.5, 0.6) is 0 Å². The first-order valence-electron chi connectivity index (χ1n) is 9.56. The van der Waals surface area contributed by atoms with Crippen LogP contribution >= 0.6 is 0 Å². The lowest BCUT2D eigenvalue weighted by Crippen LogP contribution is -2.36. The van der Waals surface area contributed by atoms with E-state index in [2.05, 4.69) is 18.2 Å². The molecule has 0 atom stereocenters. The maximum absolute atomic E-state index is 12.9. The van der Waals surface area contributed by atoms with Crippen LogP contribution in [0.2, 0.25) is 0 Å². The zero-order chi connectivity index (χ0) is 20.7. The second kappa shape index (κ2) is 7.02. The third-order valence-corrected chi connectivity index (χ3v) is 4.69. The third-order valence-electron chi connectivity index (χ3n) is 4.69. The number of fused-ring (bicyclic) bond motifs is 1. The average molecular weight is 377 g/mol. The van der Waals surface area contributed by atoms with Gasteiger partial charge in [-0.05, 0) is 48.7 Å². The summed E-state index contributed by atoms with van der Waals surface area (Å²) in [5.74, 6) is 0. The van der Waals surface area contributed by atoms with Gasteiger partial charge in [0.2, 0.25) is 5.54 Å². The van der Waals surface area contributed by atoms with Crippen molar-refractivity contribution in [1.29, 1.82) is 0 Å². The Kier molecular flexibility index (Phi) is 5.02. The van der Waals surface area contributed by atoms with Crippen molar-refractivity contribution in [2.24, 2.45) is 0 Å². The Labute approximate surface area is 167 Å². The molecule has 0 aliphatic heterocycles. The van der Waals surface area contributed by atoms with Crippen molar-refractivity contribution in [2.45, 2.75) is 52.6 Å². The molecule has 0 aliphatic rings. The van der Waals surface area contributed by atoms with Crippen LogP contribution in [0.4, 0.5) is 11.4 Å². The highest BCUT2D eigenvalue weighted by atomic mass is 16.5. The Morgan fingerprint density at radius 2 is 1.50 bits per heavy atom. The molecule has 0 N–H and O–H groups in total. The fourth-order valence-corrected chi connectivity index (χ4v) is 3.24. The fourth-order valence-electron chi connectivity index (χ4n) is 3.24. The molecule has 3 aromatic rings. The lowest BCUT2D eigenvalue weighted by atomic mass is 9.96. The number of anilines is 1. The van der Waals surface area contributed by atoms with Gasteiger partial charge in [0.1, 0.15) is 0 Å². The van der Waals surface area contributed by atoms with Gasteiger partial charge in [-0.1, -0.05) is 42.5 Å². The first-order chi connectivity index (χ1) is 13.0. The minimum atomic E-state index is -0.607. The molecule has 28 heavy (non-hydrogen) atoms. The van der Waals surface area contributed by atoms with Crippen molar-refractivity contribution >= 4 is 22.1 Å². The molecule has 4 nitrogen and oxygen atoms in total. The highest BCUT2D eigenvalue weighted by molar-refractivity contribution is 5.97. The summed E-state index contributed by atoms with van der Waals surface area (Å²) in [5.41, 5.74) is 1.62. The van der Waals surface area contributed by atoms with Crippen LogP contribution in [0.15, 0.2) is 60.7 Å². The van der Waals surface area contributed by atoms with Crippen molar-refractivity contribution in [1.82, 2.24) is 0 Å².